The standard InChI is InChI=1S/C26H25N3O3/c1-16(2)21-14-22(17(3)13-24(21)32-4)25-28-23-8-6-5-7-20(23)26(31)29(25)27-15-18-9-11-19(30)12-10-18/h5-16,30H,1-4H3. The van der Waals surface area contributed by atoms with E-state index in [1.165, 1.54) is 4.68 Å². The molecule has 6 heteroatoms. The fraction of sp³-hybridized carbons (Fsp3) is 0.192. The van der Waals surface area contributed by atoms with Gasteiger partial charge in [0.1, 0.15) is 11.5 Å². The topological polar surface area (TPSA) is 76.7 Å². The third-order valence-electron chi connectivity index (χ3n) is 5.41. The van der Waals surface area contributed by atoms with E-state index < -0.39 is 0 Å². The molecule has 32 heavy (non-hydrogen) atoms. The minimum absolute atomic E-state index is 0.169. The Morgan fingerprint density at radius 3 is 2.50 bits per heavy atom. The van der Waals surface area contributed by atoms with E-state index in [1.54, 1.807) is 43.7 Å². The number of ether oxygens (including phenoxy) is 1. The number of nitrogens with zero attached hydrogens (tertiary/aromatic N) is 3. The second-order valence-electron chi connectivity index (χ2n) is 7.97. The normalized spacial score (nSPS) is 11.5. The van der Waals surface area contributed by atoms with E-state index in [2.05, 4.69) is 18.9 Å². The molecule has 0 unspecified atom stereocenters. The van der Waals surface area contributed by atoms with Crippen LogP contribution in [0.2, 0.25) is 0 Å². The molecule has 4 rings (SSSR count). The van der Waals surface area contributed by atoms with Gasteiger partial charge in [-0.25, -0.2) is 4.98 Å². The molecule has 162 valence electrons. The molecule has 0 amide bonds. The molecular weight excluding hydrogens is 402 g/mol. The first-order chi connectivity index (χ1) is 15.4. The van der Waals surface area contributed by atoms with Crippen LogP contribution in [0.15, 0.2) is 70.6 Å². The zero-order valence-electron chi connectivity index (χ0n) is 18.5. The number of phenols is 1. The molecule has 1 heterocycles. The van der Waals surface area contributed by atoms with Gasteiger partial charge in [-0.15, -0.1) is 0 Å². The molecule has 0 aliphatic heterocycles. The van der Waals surface area contributed by atoms with Crippen molar-refractivity contribution in [3.63, 3.8) is 0 Å². The maximum Gasteiger partial charge on any atom is 0.282 e. The van der Waals surface area contributed by atoms with E-state index in [0.29, 0.717) is 16.7 Å². The number of aromatic hydroxyl groups is 1. The Bertz CT molecular complexity index is 1370. The van der Waals surface area contributed by atoms with Crippen LogP contribution in [0.4, 0.5) is 0 Å². The fourth-order valence-electron chi connectivity index (χ4n) is 3.66. The van der Waals surface area contributed by atoms with E-state index in [0.717, 1.165) is 28.0 Å². The first-order valence-electron chi connectivity index (χ1n) is 10.4. The van der Waals surface area contributed by atoms with Crippen LogP contribution in [0.3, 0.4) is 0 Å². The van der Waals surface area contributed by atoms with Crippen LogP contribution in [-0.2, 0) is 0 Å². The fourth-order valence-corrected chi connectivity index (χ4v) is 3.66. The highest BCUT2D eigenvalue weighted by Crippen LogP contribution is 2.34. The lowest BCUT2D eigenvalue weighted by Gasteiger charge is -2.17. The summed E-state index contributed by atoms with van der Waals surface area (Å²) in [7, 11) is 1.66. The lowest BCUT2D eigenvalue weighted by atomic mass is 9.96. The van der Waals surface area contributed by atoms with Gasteiger partial charge in [0.05, 0.1) is 24.2 Å². The van der Waals surface area contributed by atoms with Crippen molar-refractivity contribution in [3.8, 4) is 22.9 Å². The summed E-state index contributed by atoms with van der Waals surface area (Å²) in [6.07, 6.45) is 1.59. The SMILES string of the molecule is COc1cc(C)c(-c2nc3ccccc3c(=O)n2N=Cc2ccc(O)cc2)cc1C(C)C. The van der Waals surface area contributed by atoms with E-state index >= 15 is 0 Å². The zero-order valence-corrected chi connectivity index (χ0v) is 18.5. The van der Waals surface area contributed by atoms with Gasteiger partial charge in [-0.1, -0.05) is 26.0 Å². The van der Waals surface area contributed by atoms with Crippen LogP contribution >= 0.6 is 0 Å². The van der Waals surface area contributed by atoms with Gasteiger partial charge in [0.25, 0.3) is 5.56 Å². The molecule has 0 aliphatic rings. The van der Waals surface area contributed by atoms with Crippen LogP contribution in [0.1, 0.15) is 36.5 Å². The van der Waals surface area contributed by atoms with Gasteiger partial charge in [-0.3, -0.25) is 4.79 Å². The lowest BCUT2D eigenvalue weighted by molar-refractivity contribution is 0.407. The van der Waals surface area contributed by atoms with Crippen molar-refractivity contribution in [1.29, 1.82) is 0 Å². The molecule has 4 aromatic rings. The van der Waals surface area contributed by atoms with Gasteiger partial charge >= 0.3 is 0 Å². The van der Waals surface area contributed by atoms with Crippen molar-refractivity contribution < 1.29 is 9.84 Å². The van der Waals surface area contributed by atoms with E-state index in [9.17, 15) is 9.90 Å². The number of benzene rings is 3. The second-order valence-corrected chi connectivity index (χ2v) is 7.97. The van der Waals surface area contributed by atoms with Gasteiger partial charge in [0.2, 0.25) is 0 Å². The largest absolute Gasteiger partial charge is 0.508 e. The number of fused-ring (bicyclic) bond motifs is 1. The van der Waals surface area contributed by atoms with Crippen molar-refractivity contribution in [2.45, 2.75) is 26.7 Å². The van der Waals surface area contributed by atoms with Crippen molar-refractivity contribution in [1.82, 2.24) is 9.66 Å². The maximum absolute atomic E-state index is 13.4. The number of phenolic OH excluding ortho intramolecular Hbond substituents is 1. The summed E-state index contributed by atoms with van der Waals surface area (Å²) in [4.78, 5) is 18.2. The Morgan fingerprint density at radius 2 is 1.81 bits per heavy atom. The second kappa shape index (κ2) is 8.67. The number of methoxy groups -OCH3 is 1. The van der Waals surface area contributed by atoms with E-state index in [-0.39, 0.29) is 17.2 Å². The smallest absolute Gasteiger partial charge is 0.282 e. The molecule has 6 nitrogen and oxygen atoms in total. The molecule has 0 saturated heterocycles. The Morgan fingerprint density at radius 1 is 1.09 bits per heavy atom. The lowest BCUT2D eigenvalue weighted by Crippen LogP contribution is -2.20. The summed E-state index contributed by atoms with van der Waals surface area (Å²) in [5, 5.41) is 14.5. The Hall–Kier alpha value is -3.93. The number of para-hydroxylation sites is 1. The molecule has 0 saturated carbocycles. The minimum Gasteiger partial charge on any atom is -0.508 e. The summed E-state index contributed by atoms with van der Waals surface area (Å²) < 4.78 is 6.92. The third kappa shape index (κ3) is 3.99. The van der Waals surface area contributed by atoms with Gasteiger partial charge in [0.15, 0.2) is 5.82 Å². The molecule has 0 bridgehead atoms. The number of hydrogen-bond acceptors (Lipinski definition) is 5. The minimum atomic E-state index is -0.248. The summed E-state index contributed by atoms with van der Waals surface area (Å²) in [6, 6.07) is 17.9. The number of rotatable bonds is 5. The molecule has 0 fully saturated rings. The first-order valence-corrected chi connectivity index (χ1v) is 10.4. The number of aromatic nitrogens is 2. The molecule has 0 radical (unpaired) electrons. The predicted octanol–water partition coefficient (Wildman–Crippen LogP) is 5.09. The van der Waals surface area contributed by atoms with E-state index in [1.807, 2.05) is 37.3 Å². The Labute approximate surface area is 186 Å². The quantitative estimate of drug-likeness (QED) is 0.450. The summed E-state index contributed by atoms with van der Waals surface area (Å²) in [5.74, 6) is 1.67. The van der Waals surface area contributed by atoms with Gasteiger partial charge in [-0.2, -0.15) is 9.78 Å². The third-order valence-corrected chi connectivity index (χ3v) is 5.41. The summed E-state index contributed by atoms with van der Waals surface area (Å²) in [6.45, 7) is 6.17. The predicted molar refractivity (Wildman–Crippen MR) is 128 cm³/mol. The average Bonchev–Trinajstić information content (AvgIpc) is 2.79. The van der Waals surface area contributed by atoms with Crippen molar-refractivity contribution in [3.05, 3.63) is 87.7 Å². The Kier molecular flexibility index (Phi) is 5.77. The molecule has 3 aromatic carbocycles. The van der Waals surface area contributed by atoms with Crippen LogP contribution in [-0.4, -0.2) is 28.1 Å². The van der Waals surface area contributed by atoms with Gasteiger partial charge in [-0.05, 0) is 78.1 Å². The number of aryl methyl sites for hydroxylation is 1. The van der Waals surface area contributed by atoms with Crippen molar-refractivity contribution in [2.24, 2.45) is 5.10 Å². The highest BCUT2D eigenvalue weighted by Gasteiger charge is 2.18. The average molecular weight is 428 g/mol. The van der Waals surface area contributed by atoms with Crippen LogP contribution in [0, 0.1) is 6.92 Å². The molecule has 0 atom stereocenters. The number of hydrogen-bond donors (Lipinski definition) is 1. The molecule has 1 aromatic heterocycles. The maximum atomic E-state index is 13.4. The zero-order chi connectivity index (χ0) is 22.8. The summed E-state index contributed by atoms with van der Waals surface area (Å²) in [5.41, 5.74) is 3.90. The highest BCUT2D eigenvalue weighted by molar-refractivity contribution is 5.82. The highest BCUT2D eigenvalue weighted by atomic mass is 16.5. The van der Waals surface area contributed by atoms with E-state index in [4.69, 9.17) is 9.72 Å². The van der Waals surface area contributed by atoms with Crippen LogP contribution in [0.5, 0.6) is 11.5 Å². The molecular formula is C26H25N3O3. The molecule has 0 aliphatic carbocycles. The molecule has 1 N–H and O–H groups in total. The van der Waals surface area contributed by atoms with Crippen LogP contribution < -0.4 is 10.3 Å². The summed E-state index contributed by atoms with van der Waals surface area (Å²) >= 11 is 0. The molecule has 0 spiro atoms. The van der Waals surface area contributed by atoms with Gasteiger partial charge < -0.3 is 9.84 Å². The van der Waals surface area contributed by atoms with Crippen molar-refractivity contribution >= 4 is 17.1 Å². The first kappa shape index (κ1) is 21.3. The van der Waals surface area contributed by atoms with Crippen LogP contribution in [0.25, 0.3) is 22.3 Å². The monoisotopic (exact) mass is 427 g/mol. The van der Waals surface area contributed by atoms with Gasteiger partial charge in [0, 0.05) is 5.56 Å². The van der Waals surface area contributed by atoms with Crippen molar-refractivity contribution in [2.75, 3.05) is 7.11 Å². The Balaban J connectivity index is 1.98.